The molecule has 1 aliphatic rings. The Morgan fingerprint density at radius 1 is 1.19 bits per heavy atom. The van der Waals surface area contributed by atoms with E-state index in [1.54, 1.807) is 12.1 Å². The second-order valence-corrected chi connectivity index (χ2v) is 5.30. The van der Waals surface area contributed by atoms with Crippen molar-refractivity contribution in [2.24, 2.45) is 0 Å². The van der Waals surface area contributed by atoms with E-state index in [-0.39, 0.29) is 5.91 Å². The minimum Gasteiger partial charge on any atom is -0.459 e. The van der Waals surface area contributed by atoms with E-state index in [2.05, 4.69) is 17.9 Å². The summed E-state index contributed by atoms with van der Waals surface area (Å²) in [7, 11) is 0. The minimum absolute atomic E-state index is 0.0336. The molecule has 110 valence electrons. The molecule has 3 rings (SSSR count). The number of rotatable bonds is 2. The van der Waals surface area contributed by atoms with Gasteiger partial charge in [-0.1, -0.05) is 0 Å². The van der Waals surface area contributed by atoms with E-state index in [0.717, 1.165) is 18.8 Å². The fourth-order valence-corrected chi connectivity index (χ4v) is 2.74. The first-order valence-corrected chi connectivity index (χ1v) is 7.09. The van der Waals surface area contributed by atoms with Gasteiger partial charge in [0.05, 0.1) is 6.26 Å². The molecule has 0 unspecified atom stereocenters. The number of furan rings is 1. The number of carbonyl (C=O) groups is 1. The van der Waals surface area contributed by atoms with Crippen molar-refractivity contribution in [3.63, 3.8) is 0 Å². The number of nitrogens with two attached hydrogens (primary N) is 1. The predicted molar refractivity (Wildman–Crippen MR) is 82.4 cm³/mol. The molecule has 21 heavy (non-hydrogen) atoms. The Morgan fingerprint density at radius 2 is 1.95 bits per heavy atom. The maximum atomic E-state index is 12.2. The van der Waals surface area contributed by atoms with Crippen molar-refractivity contribution in [2.45, 2.75) is 6.92 Å². The molecule has 5 nitrogen and oxygen atoms in total. The van der Waals surface area contributed by atoms with Crippen molar-refractivity contribution in [1.29, 1.82) is 0 Å². The van der Waals surface area contributed by atoms with Gasteiger partial charge in [0.1, 0.15) is 0 Å². The minimum atomic E-state index is -0.0336. The molecule has 0 spiro atoms. The smallest absolute Gasteiger partial charge is 0.289 e. The summed E-state index contributed by atoms with van der Waals surface area (Å²) in [6.45, 7) is 5.09. The summed E-state index contributed by atoms with van der Waals surface area (Å²) in [5, 5.41) is 0. The van der Waals surface area contributed by atoms with Gasteiger partial charge < -0.3 is 20.0 Å². The standard InChI is InChI=1S/C16H19N3O2/c1-12-11-13(17)4-5-14(12)18-6-8-19(9-7-18)16(20)15-3-2-10-21-15/h2-5,10-11H,6-9,17H2,1H3. The lowest BCUT2D eigenvalue weighted by Crippen LogP contribution is -2.48. The van der Waals surface area contributed by atoms with Crippen molar-refractivity contribution < 1.29 is 9.21 Å². The van der Waals surface area contributed by atoms with Crippen LogP contribution in [0.5, 0.6) is 0 Å². The molecule has 5 heteroatoms. The maximum Gasteiger partial charge on any atom is 0.289 e. The molecule has 1 aromatic carbocycles. The molecule has 1 aromatic heterocycles. The summed E-state index contributed by atoms with van der Waals surface area (Å²) in [6, 6.07) is 9.40. The second-order valence-electron chi connectivity index (χ2n) is 5.30. The van der Waals surface area contributed by atoms with Crippen LogP contribution >= 0.6 is 0 Å². The number of carbonyl (C=O) groups excluding carboxylic acids is 1. The second kappa shape index (κ2) is 5.52. The summed E-state index contributed by atoms with van der Waals surface area (Å²) in [5.41, 5.74) is 8.93. The highest BCUT2D eigenvalue weighted by molar-refractivity contribution is 5.91. The van der Waals surface area contributed by atoms with E-state index >= 15 is 0 Å². The average Bonchev–Trinajstić information content (AvgIpc) is 3.01. The monoisotopic (exact) mass is 285 g/mol. The Morgan fingerprint density at radius 3 is 2.57 bits per heavy atom. The summed E-state index contributed by atoms with van der Waals surface area (Å²) in [4.78, 5) is 16.3. The summed E-state index contributed by atoms with van der Waals surface area (Å²) in [6.07, 6.45) is 1.53. The van der Waals surface area contributed by atoms with Gasteiger partial charge >= 0.3 is 0 Å². The number of aryl methyl sites for hydroxylation is 1. The highest BCUT2D eigenvalue weighted by atomic mass is 16.3. The van der Waals surface area contributed by atoms with Gasteiger partial charge in [-0.2, -0.15) is 0 Å². The van der Waals surface area contributed by atoms with E-state index in [4.69, 9.17) is 10.2 Å². The molecular formula is C16H19N3O2. The number of piperazine rings is 1. The summed E-state index contributed by atoms with van der Waals surface area (Å²) >= 11 is 0. The average molecular weight is 285 g/mol. The van der Waals surface area contributed by atoms with Crippen LogP contribution < -0.4 is 10.6 Å². The van der Waals surface area contributed by atoms with Gasteiger partial charge in [0.25, 0.3) is 5.91 Å². The molecule has 2 N–H and O–H groups in total. The van der Waals surface area contributed by atoms with Gasteiger partial charge in [-0.05, 0) is 42.8 Å². The van der Waals surface area contributed by atoms with Gasteiger partial charge in [0.15, 0.2) is 5.76 Å². The molecule has 0 atom stereocenters. The Kier molecular flexibility index (Phi) is 3.56. The van der Waals surface area contributed by atoms with Crippen molar-refractivity contribution >= 4 is 17.3 Å². The topological polar surface area (TPSA) is 62.7 Å². The Balaban J connectivity index is 1.66. The third kappa shape index (κ3) is 2.72. The van der Waals surface area contributed by atoms with Crippen LogP contribution in [0.15, 0.2) is 41.0 Å². The number of nitrogen functional groups attached to an aromatic ring is 1. The Hall–Kier alpha value is -2.43. The van der Waals surface area contributed by atoms with Crippen molar-refractivity contribution in [2.75, 3.05) is 36.8 Å². The van der Waals surface area contributed by atoms with Crippen LogP contribution in [0.25, 0.3) is 0 Å². The third-order valence-electron chi connectivity index (χ3n) is 3.86. The summed E-state index contributed by atoms with van der Waals surface area (Å²) < 4.78 is 5.17. The lowest BCUT2D eigenvalue weighted by molar-refractivity contribution is 0.0714. The number of benzene rings is 1. The first-order valence-electron chi connectivity index (χ1n) is 7.09. The number of nitrogens with zero attached hydrogens (tertiary/aromatic N) is 2. The van der Waals surface area contributed by atoms with Crippen LogP contribution in [0.2, 0.25) is 0 Å². The van der Waals surface area contributed by atoms with Crippen molar-refractivity contribution in [1.82, 2.24) is 4.90 Å². The fourth-order valence-electron chi connectivity index (χ4n) is 2.74. The SMILES string of the molecule is Cc1cc(N)ccc1N1CCN(C(=O)c2ccco2)CC1. The van der Waals surface area contributed by atoms with Gasteiger partial charge in [-0.15, -0.1) is 0 Å². The van der Waals surface area contributed by atoms with E-state index in [1.165, 1.54) is 17.5 Å². The van der Waals surface area contributed by atoms with Crippen LogP contribution in [0.4, 0.5) is 11.4 Å². The molecule has 2 aromatic rings. The van der Waals surface area contributed by atoms with Crippen LogP contribution in [0, 0.1) is 6.92 Å². The molecule has 0 saturated carbocycles. The van der Waals surface area contributed by atoms with E-state index in [1.807, 2.05) is 17.0 Å². The van der Waals surface area contributed by atoms with E-state index < -0.39 is 0 Å². The van der Waals surface area contributed by atoms with Crippen LogP contribution in [0.1, 0.15) is 16.1 Å². The number of anilines is 2. The molecular weight excluding hydrogens is 266 g/mol. The van der Waals surface area contributed by atoms with Crippen LogP contribution in [-0.4, -0.2) is 37.0 Å². The van der Waals surface area contributed by atoms with Crippen molar-refractivity contribution in [3.8, 4) is 0 Å². The quantitative estimate of drug-likeness (QED) is 0.859. The predicted octanol–water partition coefficient (Wildman–Crippen LogP) is 2.13. The van der Waals surface area contributed by atoms with Gasteiger partial charge in [0, 0.05) is 37.6 Å². The Labute approximate surface area is 123 Å². The lowest BCUT2D eigenvalue weighted by Gasteiger charge is -2.36. The Bertz CT molecular complexity index is 629. The van der Waals surface area contributed by atoms with Crippen LogP contribution in [0.3, 0.4) is 0 Å². The highest BCUT2D eigenvalue weighted by Crippen LogP contribution is 2.23. The normalized spacial score (nSPS) is 15.3. The largest absolute Gasteiger partial charge is 0.459 e. The maximum absolute atomic E-state index is 12.2. The molecule has 1 amide bonds. The van der Waals surface area contributed by atoms with Crippen LogP contribution in [-0.2, 0) is 0 Å². The molecule has 0 aliphatic carbocycles. The van der Waals surface area contributed by atoms with E-state index in [9.17, 15) is 4.79 Å². The number of amides is 1. The molecule has 1 fully saturated rings. The molecule has 1 aliphatic heterocycles. The third-order valence-corrected chi connectivity index (χ3v) is 3.86. The lowest BCUT2D eigenvalue weighted by atomic mass is 10.1. The molecule has 2 heterocycles. The van der Waals surface area contributed by atoms with Gasteiger partial charge in [0.2, 0.25) is 0 Å². The van der Waals surface area contributed by atoms with E-state index in [0.29, 0.717) is 18.8 Å². The zero-order valence-corrected chi connectivity index (χ0v) is 12.1. The highest BCUT2D eigenvalue weighted by Gasteiger charge is 2.24. The number of hydrogen-bond donors (Lipinski definition) is 1. The summed E-state index contributed by atoms with van der Waals surface area (Å²) in [5.74, 6) is 0.376. The molecule has 1 saturated heterocycles. The zero-order chi connectivity index (χ0) is 14.8. The van der Waals surface area contributed by atoms with Gasteiger partial charge in [-0.3, -0.25) is 4.79 Å². The van der Waals surface area contributed by atoms with Crippen molar-refractivity contribution in [3.05, 3.63) is 47.9 Å². The first-order chi connectivity index (χ1) is 10.1. The van der Waals surface area contributed by atoms with Gasteiger partial charge in [-0.25, -0.2) is 0 Å². The molecule has 0 radical (unpaired) electrons. The molecule has 0 bridgehead atoms. The number of hydrogen-bond acceptors (Lipinski definition) is 4. The zero-order valence-electron chi connectivity index (χ0n) is 12.1. The fraction of sp³-hybridized carbons (Fsp3) is 0.312. The first kappa shape index (κ1) is 13.5.